The van der Waals surface area contributed by atoms with Crippen molar-refractivity contribution in [2.75, 3.05) is 18.6 Å². The summed E-state index contributed by atoms with van der Waals surface area (Å²) in [5.41, 5.74) is -0.868. The van der Waals surface area contributed by atoms with Crippen LogP contribution in [0.5, 0.6) is 5.75 Å². The molecule has 4 rings (SSSR count). The van der Waals surface area contributed by atoms with Gasteiger partial charge in [0.25, 0.3) is 5.91 Å². The van der Waals surface area contributed by atoms with Gasteiger partial charge in [0.1, 0.15) is 11.3 Å². The number of ether oxygens (including phenoxy) is 1. The summed E-state index contributed by atoms with van der Waals surface area (Å²) in [4.78, 5) is 26.8. The molecule has 0 saturated heterocycles. The van der Waals surface area contributed by atoms with Gasteiger partial charge in [0.2, 0.25) is 11.2 Å². The molecule has 168 valence electrons. The Kier molecular flexibility index (Phi) is 5.91. The second-order valence-corrected chi connectivity index (χ2v) is 7.23. The predicted octanol–water partition coefficient (Wildman–Crippen LogP) is 5.52. The molecule has 0 aliphatic rings. The highest BCUT2D eigenvalue weighted by molar-refractivity contribution is 5.94. The van der Waals surface area contributed by atoms with Crippen LogP contribution in [0.2, 0.25) is 0 Å². The van der Waals surface area contributed by atoms with Gasteiger partial charge in [-0.1, -0.05) is 48.5 Å². The van der Waals surface area contributed by atoms with Crippen molar-refractivity contribution >= 4 is 22.6 Å². The topological polar surface area (TPSA) is 59.8 Å². The molecule has 0 fully saturated rings. The summed E-state index contributed by atoms with van der Waals surface area (Å²) in [5.74, 6) is -1.65. The molecular weight excluding hydrogens is 435 g/mol. The molecule has 0 radical (unpaired) electrons. The van der Waals surface area contributed by atoms with Gasteiger partial charge in [-0.25, -0.2) is 0 Å². The van der Waals surface area contributed by atoms with Crippen molar-refractivity contribution < 1.29 is 27.1 Å². The number of nitrogens with zero attached hydrogens (tertiary/aromatic N) is 1. The zero-order chi connectivity index (χ0) is 23.6. The summed E-state index contributed by atoms with van der Waals surface area (Å²) in [6.07, 6.45) is -4.89. The van der Waals surface area contributed by atoms with Crippen LogP contribution in [0.15, 0.2) is 88.1 Å². The molecule has 4 aromatic rings. The Morgan fingerprint density at radius 3 is 2.24 bits per heavy atom. The van der Waals surface area contributed by atoms with E-state index >= 15 is 0 Å². The minimum Gasteiger partial charge on any atom is -0.484 e. The molecule has 0 saturated carbocycles. The summed E-state index contributed by atoms with van der Waals surface area (Å²) in [6, 6.07) is 20.4. The van der Waals surface area contributed by atoms with E-state index in [4.69, 9.17) is 9.15 Å². The van der Waals surface area contributed by atoms with Crippen LogP contribution in [-0.2, 0) is 11.0 Å². The number of likely N-dealkylation sites (N-methyl/N-ethyl adjacent to an activating group) is 1. The van der Waals surface area contributed by atoms with E-state index < -0.39 is 22.9 Å². The second-order valence-electron chi connectivity index (χ2n) is 7.23. The molecule has 0 spiro atoms. The largest absolute Gasteiger partial charge is 0.484 e. The molecule has 0 unspecified atom stereocenters. The molecule has 0 aliphatic carbocycles. The second kappa shape index (κ2) is 8.82. The molecule has 1 heterocycles. The molecule has 0 aliphatic heterocycles. The van der Waals surface area contributed by atoms with E-state index in [0.717, 1.165) is 0 Å². The van der Waals surface area contributed by atoms with Gasteiger partial charge < -0.3 is 14.1 Å². The lowest BCUT2D eigenvalue weighted by molar-refractivity contribution is -0.152. The summed E-state index contributed by atoms with van der Waals surface area (Å²) in [7, 11) is 1.58. The smallest absolute Gasteiger partial charge is 0.450 e. The van der Waals surface area contributed by atoms with Crippen LogP contribution >= 0.6 is 0 Å². The predicted molar refractivity (Wildman–Crippen MR) is 118 cm³/mol. The van der Waals surface area contributed by atoms with E-state index in [1.807, 2.05) is 6.07 Å². The van der Waals surface area contributed by atoms with Crippen LogP contribution in [0.25, 0.3) is 22.1 Å². The average Bonchev–Trinajstić information content (AvgIpc) is 2.82. The third-order valence-electron chi connectivity index (χ3n) is 5.06. The average molecular weight is 453 g/mol. The van der Waals surface area contributed by atoms with E-state index in [1.54, 1.807) is 49.5 Å². The molecular formula is C25H18F3NO4. The summed E-state index contributed by atoms with van der Waals surface area (Å²) in [6.45, 7) is -0.352. The van der Waals surface area contributed by atoms with Crippen molar-refractivity contribution in [3.05, 3.63) is 94.8 Å². The molecule has 8 heteroatoms. The van der Waals surface area contributed by atoms with Gasteiger partial charge in [-0.3, -0.25) is 9.59 Å². The van der Waals surface area contributed by atoms with Crippen LogP contribution in [-0.4, -0.2) is 19.6 Å². The third kappa shape index (κ3) is 4.59. The minimum atomic E-state index is -4.89. The quantitative estimate of drug-likeness (QED) is 0.399. The summed E-state index contributed by atoms with van der Waals surface area (Å²) >= 11 is 0. The highest BCUT2D eigenvalue weighted by Gasteiger charge is 2.39. The van der Waals surface area contributed by atoms with Crippen LogP contribution in [0, 0.1) is 0 Å². The van der Waals surface area contributed by atoms with Crippen molar-refractivity contribution in [2.45, 2.75) is 6.18 Å². The van der Waals surface area contributed by atoms with Gasteiger partial charge in [-0.15, -0.1) is 0 Å². The number of amides is 1. The zero-order valence-electron chi connectivity index (χ0n) is 17.4. The minimum absolute atomic E-state index is 0.0260. The fourth-order valence-corrected chi connectivity index (χ4v) is 3.37. The fourth-order valence-electron chi connectivity index (χ4n) is 3.37. The molecule has 0 N–H and O–H groups in total. The van der Waals surface area contributed by atoms with Gasteiger partial charge in [0.15, 0.2) is 6.61 Å². The number of alkyl halides is 3. The Morgan fingerprint density at radius 2 is 1.61 bits per heavy atom. The number of rotatable bonds is 5. The first kappa shape index (κ1) is 22.1. The number of hydrogen-bond donors (Lipinski definition) is 0. The molecule has 5 nitrogen and oxygen atoms in total. The summed E-state index contributed by atoms with van der Waals surface area (Å²) < 4.78 is 51.8. The standard InChI is InChI=1S/C25H18F3NO4/c1-29(17-10-6-3-7-11-17)21(30)15-32-18-12-13-19-20(14-18)33-24(25(26,27)28)22(23(19)31)16-8-4-2-5-9-16/h2-14H,15H2,1H3. The lowest BCUT2D eigenvalue weighted by Gasteiger charge is -2.17. The van der Waals surface area contributed by atoms with Crippen LogP contribution in [0.4, 0.5) is 18.9 Å². The van der Waals surface area contributed by atoms with Crippen molar-refractivity contribution in [3.63, 3.8) is 0 Å². The monoisotopic (exact) mass is 453 g/mol. The van der Waals surface area contributed by atoms with Gasteiger partial charge in [-0.05, 0) is 29.8 Å². The number of hydrogen-bond acceptors (Lipinski definition) is 4. The highest BCUT2D eigenvalue weighted by atomic mass is 19.4. The first-order chi connectivity index (χ1) is 15.8. The molecule has 0 bridgehead atoms. The van der Waals surface area contributed by atoms with E-state index in [1.165, 1.54) is 35.2 Å². The number of benzene rings is 3. The maximum atomic E-state index is 13.7. The van der Waals surface area contributed by atoms with Crippen LogP contribution in [0.1, 0.15) is 5.76 Å². The summed E-state index contributed by atoms with van der Waals surface area (Å²) in [5, 5.41) is -0.0260. The number of halogens is 3. The van der Waals surface area contributed by atoms with Gasteiger partial charge in [-0.2, -0.15) is 13.2 Å². The number of para-hydroxylation sites is 1. The van der Waals surface area contributed by atoms with E-state index in [9.17, 15) is 22.8 Å². The number of fused-ring (bicyclic) bond motifs is 1. The Balaban J connectivity index is 1.67. The molecule has 1 amide bonds. The number of anilines is 1. The van der Waals surface area contributed by atoms with Crippen molar-refractivity contribution in [3.8, 4) is 16.9 Å². The van der Waals surface area contributed by atoms with E-state index in [0.29, 0.717) is 5.69 Å². The van der Waals surface area contributed by atoms with Crippen LogP contribution in [0.3, 0.4) is 0 Å². The van der Waals surface area contributed by atoms with Crippen molar-refractivity contribution in [1.29, 1.82) is 0 Å². The number of carbonyl (C=O) groups excluding carboxylic acids is 1. The highest BCUT2D eigenvalue weighted by Crippen LogP contribution is 2.37. The van der Waals surface area contributed by atoms with E-state index in [2.05, 4.69) is 0 Å². The Morgan fingerprint density at radius 1 is 0.970 bits per heavy atom. The van der Waals surface area contributed by atoms with Gasteiger partial charge >= 0.3 is 6.18 Å². The molecule has 3 aromatic carbocycles. The maximum Gasteiger partial charge on any atom is 0.450 e. The molecule has 0 atom stereocenters. The Labute approximate surface area is 186 Å². The molecule has 33 heavy (non-hydrogen) atoms. The van der Waals surface area contributed by atoms with Gasteiger partial charge in [0, 0.05) is 18.8 Å². The Bertz CT molecular complexity index is 1350. The van der Waals surface area contributed by atoms with Gasteiger partial charge in [0.05, 0.1) is 10.9 Å². The Hall–Kier alpha value is -4.07. The SMILES string of the molecule is CN(C(=O)COc1ccc2c(=O)c(-c3ccccc3)c(C(F)(F)F)oc2c1)c1ccccc1. The van der Waals surface area contributed by atoms with Crippen LogP contribution < -0.4 is 15.1 Å². The lowest BCUT2D eigenvalue weighted by atomic mass is 10.0. The normalized spacial score (nSPS) is 11.4. The zero-order valence-corrected chi connectivity index (χ0v) is 17.4. The first-order valence-electron chi connectivity index (χ1n) is 9.93. The molecule has 1 aromatic heterocycles. The first-order valence-corrected chi connectivity index (χ1v) is 9.93. The number of carbonyl (C=O) groups is 1. The lowest BCUT2D eigenvalue weighted by Crippen LogP contribution is -2.31. The van der Waals surface area contributed by atoms with E-state index in [-0.39, 0.29) is 34.8 Å². The fraction of sp³-hybridized carbons (Fsp3) is 0.120. The third-order valence-corrected chi connectivity index (χ3v) is 5.06. The van der Waals surface area contributed by atoms with Crippen molar-refractivity contribution in [1.82, 2.24) is 0 Å². The van der Waals surface area contributed by atoms with Crippen molar-refractivity contribution in [2.24, 2.45) is 0 Å². The maximum absolute atomic E-state index is 13.7.